The van der Waals surface area contributed by atoms with Gasteiger partial charge in [0, 0.05) is 32.7 Å². The topological polar surface area (TPSA) is 38.8 Å². The smallest absolute Gasteiger partial charge is 0.302 e. The average Bonchev–Trinajstić information content (AvgIpc) is 2.08. The van der Waals surface area contributed by atoms with Crippen LogP contribution in [0.1, 0.15) is 27.7 Å². The molecule has 0 saturated heterocycles. The summed E-state index contributed by atoms with van der Waals surface area (Å²) in [6.45, 7) is 10.6. The molecule has 0 bridgehead atoms. The first-order valence-electron chi connectivity index (χ1n) is 5.25. The van der Waals surface area contributed by atoms with Crippen LogP contribution in [0.5, 0.6) is 0 Å². The highest BCUT2D eigenvalue weighted by Crippen LogP contribution is 2.12. The maximum absolute atomic E-state index is 10.6. The standard InChI is InChI=1S/C11H23NO3/c1-10(13)15-9-7-12(6-8-14-5)11(2,3)4/h6-9H2,1-5H3. The molecule has 0 saturated carbocycles. The van der Waals surface area contributed by atoms with E-state index in [9.17, 15) is 4.79 Å². The van der Waals surface area contributed by atoms with E-state index in [0.29, 0.717) is 13.2 Å². The summed E-state index contributed by atoms with van der Waals surface area (Å²) in [5.41, 5.74) is 0.0681. The first-order chi connectivity index (χ1) is 6.88. The molecule has 0 atom stereocenters. The van der Waals surface area contributed by atoms with E-state index >= 15 is 0 Å². The van der Waals surface area contributed by atoms with Gasteiger partial charge in [-0.1, -0.05) is 0 Å². The molecule has 0 aliphatic rings. The van der Waals surface area contributed by atoms with Crippen molar-refractivity contribution < 1.29 is 14.3 Å². The molecule has 0 aromatic rings. The van der Waals surface area contributed by atoms with E-state index in [0.717, 1.165) is 13.1 Å². The zero-order valence-electron chi connectivity index (χ0n) is 10.5. The molecule has 0 fully saturated rings. The zero-order chi connectivity index (χ0) is 11.9. The lowest BCUT2D eigenvalue weighted by atomic mass is 10.1. The quantitative estimate of drug-likeness (QED) is 0.629. The highest BCUT2D eigenvalue weighted by molar-refractivity contribution is 5.65. The molecule has 0 spiro atoms. The number of rotatable bonds is 6. The molecular weight excluding hydrogens is 194 g/mol. The lowest BCUT2D eigenvalue weighted by Gasteiger charge is -2.35. The van der Waals surface area contributed by atoms with Gasteiger partial charge in [0.1, 0.15) is 6.61 Å². The van der Waals surface area contributed by atoms with Crippen molar-refractivity contribution in [2.75, 3.05) is 33.4 Å². The fourth-order valence-corrected chi connectivity index (χ4v) is 1.28. The van der Waals surface area contributed by atoms with Crippen molar-refractivity contribution in [3.05, 3.63) is 0 Å². The lowest BCUT2D eigenvalue weighted by molar-refractivity contribution is -0.141. The number of hydrogen-bond acceptors (Lipinski definition) is 4. The molecule has 90 valence electrons. The van der Waals surface area contributed by atoms with Crippen LogP contribution >= 0.6 is 0 Å². The number of methoxy groups -OCH3 is 1. The Balaban J connectivity index is 3.96. The monoisotopic (exact) mass is 217 g/mol. The number of carbonyl (C=O) groups is 1. The molecule has 0 rings (SSSR count). The summed E-state index contributed by atoms with van der Waals surface area (Å²) in [5.74, 6) is -0.226. The minimum Gasteiger partial charge on any atom is -0.465 e. The molecule has 0 N–H and O–H groups in total. The number of nitrogens with zero attached hydrogens (tertiary/aromatic N) is 1. The van der Waals surface area contributed by atoms with Gasteiger partial charge < -0.3 is 9.47 Å². The highest BCUT2D eigenvalue weighted by Gasteiger charge is 2.20. The summed E-state index contributed by atoms with van der Waals surface area (Å²) in [4.78, 5) is 12.9. The maximum Gasteiger partial charge on any atom is 0.302 e. The van der Waals surface area contributed by atoms with Crippen LogP contribution in [0.15, 0.2) is 0 Å². The minimum atomic E-state index is -0.226. The van der Waals surface area contributed by atoms with Crippen LogP contribution in [0.4, 0.5) is 0 Å². The summed E-state index contributed by atoms with van der Waals surface area (Å²) < 4.78 is 9.97. The molecule has 4 heteroatoms. The second-order valence-corrected chi connectivity index (χ2v) is 4.49. The van der Waals surface area contributed by atoms with E-state index in [4.69, 9.17) is 9.47 Å². The molecule has 0 heterocycles. The van der Waals surface area contributed by atoms with Gasteiger partial charge in [-0.15, -0.1) is 0 Å². The van der Waals surface area contributed by atoms with Crippen molar-refractivity contribution in [2.24, 2.45) is 0 Å². The molecule has 0 amide bonds. The fourth-order valence-electron chi connectivity index (χ4n) is 1.28. The molecule has 0 aromatic heterocycles. The Morgan fingerprint density at radius 1 is 1.20 bits per heavy atom. The van der Waals surface area contributed by atoms with Crippen molar-refractivity contribution in [3.8, 4) is 0 Å². The van der Waals surface area contributed by atoms with Crippen molar-refractivity contribution in [1.29, 1.82) is 0 Å². The fraction of sp³-hybridized carbons (Fsp3) is 0.909. The van der Waals surface area contributed by atoms with Crippen molar-refractivity contribution >= 4 is 5.97 Å². The molecule has 0 radical (unpaired) electrons. The van der Waals surface area contributed by atoms with Gasteiger partial charge in [0.05, 0.1) is 6.61 Å². The van der Waals surface area contributed by atoms with Crippen molar-refractivity contribution in [2.45, 2.75) is 33.2 Å². The van der Waals surface area contributed by atoms with Gasteiger partial charge in [-0.25, -0.2) is 0 Å². The van der Waals surface area contributed by atoms with Crippen LogP contribution in [0, 0.1) is 0 Å². The largest absolute Gasteiger partial charge is 0.465 e. The molecule has 4 nitrogen and oxygen atoms in total. The summed E-state index contributed by atoms with van der Waals surface area (Å²) in [6, 6.07) is 0. The first kappa shape index (κ1) is 14.4. The number of esters is 1. The van der Waals surface area contributed by atoms with E-state index in [2.05, 4.69) is 25.7 Å². The van der Waals surface area contributed by atoms with Crippen molar-refractivity contribution in [3.63, 3.8) is 0 Å². The predicted octanol–water partition coefficient (Wildman–Crippen LogP) is 1.30. The Morgan fingerprint density at radius 2 is 1.73 bits per heavy atom. The number of carbonyl (C=O) groups excluding carboxylic acids is 1. The van der Waals surface area contributed by atoms with E-state index in [-0.39, 0.29) is 11.5 Å². The van der Waals surface area contributed by atoms with Crippen molar-refractivity contribution in [1.82, 2.24) is 4.90 Å². The van der Waals surface area contributed by atoms with E-state index in [1.54, 1.807) is 7.11 Å². The maximum atomic E-state index is 10.6. The molecule has 0 aliphatic carbocycles. The van der Waals surface area contributed by atoms with E-state index in [1.165, 1.54) is 6.92 Å². The summed E-state index contributed by atoms with van der Waals surface area (Å²) >= 11 is 0. The Hall–Kier alpha value is -0.610. The zero-order valence-corrected chi connectivity index (χ0v) is 10.5. The van der Waals surface area contributed by atoms with Gasteiger partial charge in [0.25, 0.3) is 0 Å². The first-order valence-corrected chi connectivity index (χ1v) is 5.25. The van der Waals surface area contributed by atoms with Crippen LogP contribution < -0.4 is 0 Å². The Bertz CT molecular complexity index is 187. The van der Waals surface area contributed by atoms with Crippen LogP contribution in [-0.2, 0) is 14.3 Å². The number of ether oxygens (including phenoxy) is 2. The Morgan fingerprint density at radius 3 is 2.13 bits per heavy atom. The molecular formula is C11H23NO3. The lowest BCUT2D eigenvalue weighted by Crippen LogP contribution is -2.45. The predicted molar refractivity (Wildman–Crippen MR) is 59.8 cm³/mol. The third-order valence-corrected chi connectivity index (χ3v) is 2.18. The highest BCUT2D eigenvalue weighted by atomic mass is 16.5. The summed E-state index contributed by atoms with van der Waals surface area (Å²) in [7, 11) is 1.69. The second-order valence-electron chi connectivity index (χ2n) is 4.49. The van der Waals surface area contributed by atoms with Crippen LogP contribution in [0.3, 0.4) is 0 Å². The van der Waals surface area contributed by atoms with Gasteiger partial charge in [-0.3, -0.25) is 9.69 Å². The molecule has 0 aromatic carbocycles. The van der Waals surface area contributed by atoms with Crippen LogP contribution in [0.2, 0.25) is 0 Å². The van der Waals surface area contributed by atoms with Gasteiger partial charge in [-0.05, 0) is 20.8 Å². The van der Waals surface area contributed by atoms with Crippen LogP contribution in [0.25, 0.3) is 0 Å². The van der Waals surface area contributed by atoms with Gasteiger partial charge >= 0.3 is 5.97 Å². The van der Waals surface area contributed by atoms with Gasteiger partial charge in [0.15, 0.2) is 0 Å². The average molecular weight is 217 g/mol. The van der Waals surface area contributed by atoms with E-state index < -0.39 is 0 Å². The van der Waals surface area contributed by atoms with E-state index in [1.807, 2.05) is 0 Å². The molecule has 0 aliphatic heterocycles. The Labute approximate surface area is 92.5 Å². The molecule has 15 heavy (non-hydrogen) atoms. The summed E-state index contributed by atoms with van der Waals surface area (Å²) in [6.07, 6.45) is 0. The summed E-state index contributed by atoms with van der Waals surface area (Å²) in [5, 5.41) is 0. The third kappa shape index (κ3) is 7.33. The van der Waals surface area contributed by atoms with Gasteiger partial charge in [0.2, 0.25) is 0 Å². The minimum absolute atomic E-state index is 0.0681. The Kier molecular flexibility index (Phi) is 6.52. The second kappa shape index (κ2) is 6.80. The third-order valence-electron chi connectivity index (χ3n) is 2.18. The normalized spacial score (nSPS) is 11.9. The SMILES string of the molecule is COCCN(CCOC(C)=O)C(C)(C)C. The van der Waals surface area contributed by atoms with Gasteiger partial charge in [-0.2, -0.15) is 0 Å². The molecule has 0 unspecified atom stereocenters. The van der Waals surface area contributed by atoms with Crippen LogP contribution in [-0.4, -0.2) is 49.8 Å². The number of hydrogen-bond donors (Lipinski definition) is 0.